The van der Waals surface area contributed by atoms with E-state index in [0.29, 0.717) is 0 Å². The highest BCUT2D eigenvalue weighted by Crippen LogP contribution is 2.54. The van der Waals surface area contributed by atoms with Crippen LogP contribution in [-0.4, -0.2) is 5.11 Å². The van der Waals surface area contributed by atoms with Gasteiger partial charge >= 0.3 is 0 Å². The fraction of sp³-hybridized carbons (Fsp3) is 0. The van der Waals surface area contributed by atoms with Gasteiger partial charge in [0.15, 0.2) is 7.41 Å². The highest BCUT2D eigenvalue weighted by molar-refractivity contribution is 7.96. The molecule has 0 radical (unpaired) electrons. The largest absolute Gasteiger partial charge is 0.508 e. The molecule has 0 aliphatic rings. The Balaban J connectivity index is 2.00. The third-order valence-electron chi connectivity index (χ3n) is 4.57. The molecule has 3 heteroatoms. The quantitative estimate of drug-likeness (QED) is 0.499. The first-order valence-corrected chi connectivity index (χ1v) is 10.7. The zero-order chi connectivity index (χ0) is 18.5. The van der Waals surface area contributed by atoms with Crippen LogP contribution in [0.25, 0.3) is 0 Å². The van der Waals surface area contributed by atoms with Gasteiger partial charge in [-0.25, -0.2) is 5.09 Å². The Kier molecular flexibility index (Phi) is 4.91. The Morgan fingerprint density at radius 1 is 0.519 bits per heavy atom. The topological polar surface area (TPSA) is 32.3 Å². The molecular formula is C24H21NOP+. The van der Waals surface area contributed by atoms with Gasteiger partial charge in [0.25, 0.3) is 0 Å². The lowest BCUT2D eigenvalue weighted by Gasteiger charge is -2.28. The van der Waals surface area contributed by atoms with Crippen LogP contribution in [0.4, 0.5) is 5.69 Å². The molecule has 0 spiro atoms. The van der Waals surface area contributed by atoms with E-state index in [1.807, 2.05) is 30.3 Å². The van der Waals surface area contributed by atoms with E-state index in [1.54, 1.807) is 12.1 Å². The first kappa shape index (κ1) is 17.3. The van der Waals surface area contributed by atoms with Crippen LogP contribution in [0.1, 0.15) is 0 Å². The Labute approximate surface area is 160 Å². The van der Waals surface area contributed by atoms with Gasteiger partial charge in [-0.05, 0) is 48.5 Å². The second-order valence-electron chi connectivity index (χ2n) is 6.34. The van der Waals surface area contributed by atoms with Gasteiger partial charge in [-0.1, -0.05) is 60.7 Å². The van der Waals surface area contributed by atoms with Gasteiger partial charge in [-0.3, -0.25) is 0 Å². The lowest BCUT2D eigenvalue weighted by molar-refractivity contribution is 0.475. The summed E-state index contributed by atoms with van der Waals surface area (Å²) in [4.78, 5) is 0. The Morgan fingerprint density at radius 2 is 0.963 bits per heavy atom. The summed E-state index contributed by atoms with van der Waals surface area (Å²) < 4.78 is 0. The highest BCUT2D eigenvalue weighted by Gasteiger charge is 2.46. The van der Waals surface area contributed by atoms with Crippen molar-refractivity contribution in [2.75, 3.05) is 5.09 Å². The predicted octanol–water partition coefficient (Wildman–Crippen LogP) is 4.71. The predicted molar refractivity (Wildman–Crippen MR) is 117 cm³/mol. The first-order valence-electron chi connectivity index (χ1n) is 8.92. The van der Waals surface area contributed by atoms with E-state index >= 15 is 0 Å². The number of hydrogen-bond acceptors (Lipinski definition) is 2. The number of rotatable bonds is 5. The van der Waals surface area contributed by atoms with Crippen molar-refractivity contribution in [2.24, 2.45) is 0 Å². The van der Waals surface area contributed by atoms with Crippen molar-refractivity contribution in [3.8, 4) is 5.75 Å². The van der Waals surface area contributed by atoms with Gasteiger partial charge in [0.05, 0.1) is 5.69 Å². The molecule has 0 aliphatic heterocycles. The Bertz CT molecular complexity index is 907. The molecule has 27 heavy (non-hydrogen) atoms. The summed E-state index contributed by atoms with van der Waals surface area (Å²) in [5.74, 6) is 0.257. The number of aromatic hydroxyl groups is 1. The summed E-state index contributed by atoms with van der Waals surface area (Å²) in [6, 6.07) is 39.1. The fourth-order valence-corrected chi connectivity index (χ4v) is 7.03. The van der Waals surface area contributed by atoms with E-state index in [2.05, 4.69) is 77.9 Å². The van der Waals surface area contributed by atoms with Crippen molar-refractivity contribution in [1.29, 1.82) is 0 Å². The van der Waals surface area contributed by atoms with Gasteiger partial charge in [0.2, 0.25) is 0 Å². The molecule has 132 valence electrons. The van der Waals surface area contributed by atoms with Crippen molar-refractivity contribution in [3.63, 3.8) is 0 Å². The normalized spacial score (nSPS) is 11.1. The van der Waals surface area contributed by atoms with Crippen molar-refractivity contribution in [2.45, 2.75) is 0 Å². The molecule has 0 saturated carbocycles. The molecule has 0 saturated heterocycles. The highest BCUT2D eigenvalue weighted by atomic mass is 31.2. The molecule has 4 aromatic carbocycles. The van der Waals surface area contributed by atoms with E-state index in [9.17, 15) is 5.11 Å². The maximum absolute atomic E-state index is 9.99. The van der Waals surface area contributed by atoms with Crippen LogP contribution >= 0.6 is 7.41 Å². The maximum Gasteiger partial charge on any atom is 0.199 e. The molecule has 0 aliphatic carbocycles. The molecule has 0 heterocycles. The van der Waals surface area contributed by atoms with Gasteiger partial charge in [-0.2, -0.15) is 0 Å². The smallest absolute Gasteiger partial charge is 0.199 e. The van der Waals surface area contributed by atoms with Crippen molar-refractivity contribution in [3.05, 3.63) is 115 Å². The number of benzene rings is 4. The molecule has 0 unspecified atom stereocenters. The third kappa shape index (κ3) is 3.45. The minimum absolute atomic E-state index is 0.257. The summed E-state index contributed by atoms with van der Waals surface area (Å²) in [5, 5.41) is 17.6. The maximum atomic E-state index is 9.99. The van der Waals surface area contributed by atoms with E-state index < -0.39 is 7.41 Å². The minimum atomic E-state index is -2.16. The van der Waals surface area contributed by atoms with Crippen molar-refractivity contribution < 1.29 is 5.11 Å². The zero-order valence-electron chi connectivity index (χ0n) is 14.9. The molecular weight excluding hydrogens is 349 g/mol. The summed E-state index contributed by atoms with van der Waals surface area (Å²) in [5.41, 5.74) is 0.903. The second kappa shape index (κ2) is 7.65. The summed E-state index contributed by atoms with van der Waals surface area (Å²) in [7, 11) is -2.16. The number of anilines is 1. The van der Waals surface area contributed by atoms with Crippen LogP contribution < -0.4 is 21.0 Å². The van der Waals surface area contributed by atoms with E-state index in [-0.39, 0.29) is 5.75 Å². The number of phenols is 1. The molecule has 0 bridgehead atoms. The molecule has 0 aromatic heterocycles. The molecule has 2 nitrogen and oxygen atoms in total. The third-order valence-corrected chi connectivity index (χ3v) is 8.39. The fourth-order valence-electron chi connectivity index (χ4n) is 3.36. The second-order valence-corrected chi connectivity index (χ2v) is 9.45. The van der Waals surface area contributed by atoms with E-state index in [1.165, 1.54) is 15.9 Å². The molecule has 0 fully saturated rings. The van der Waals surface area contributed by atoms with Gasteiger partial charge in [-0.15, -0.1) is 0 Å². The number of hydrogen-bond donors (Lipinski definition) is 2. The van der Waals surface area contributed by atoms with Crippen LogP contribution in [-0.2, 0) is 0 Å². The van der Waals surface area contributed by atoms with E-state index in [4.69, 9.17) is 0 Å². The minimum Gasteiger partial charge on any atom is -0.508 e. The average molecular weight is 370 g/mol. The SMILES string of the molecule is Oc1cccc(N[P+](c2ccccc2)(c2ccccc2)c2ccccc2)c1. The lowest BCUT2D eigenvalue weighted by Crippen LogP contribution is -2.36. The molecule has 2 N–H and O–H groups in total. The van der Waals surface area contributed by atoms with Crippen LogP contribution in [0, 0.1) is 0 Å². The summed E-state index contributed by atoms with van der Waals surface area (Å²) in [6.07, 6.45) is 0. The van der Waals surface area contributed by atoms with Crippen molar-refractivity contribution in [1.82, 2.24) is 0 Å². The number of phenolic OH excluding ortho intramolecular Hbond substituents is 1. The van der Waals surface area contributed by atoms with E-state index in [0.717, 1.165) is 5.69 Å². The average Bonchev–Trinajstić information content (AvgIpc) is 2.74. The van der Waals surface area contributed by atoms with Gasteiger partial charge in [0, 0.05) is 6.07 Å². The van der Waals surface area contributed by atoms with Gasteiger partial charge < -0.3 is 5.11 Å². The van der Waals surface area contributed by atoms with Crippen LogP contribution in [0.2, 0.25) is 0 Å². The molecule has 4 aromatic rings. The Hall–Kier alpha value is -3.09. The Morgan fingerprint density at radius 3 is 1.37 bits per heavy atom. The molecule has 0 amide bonds. The summed E-state index contributed by atoms with van der Waals surface area (Å²) in [6.45, 7) is 0. The number of nitrogens with one attached hydrogen (secondary N) is 1. The zero-order valence-corrected chi connectivity index (χ0v) is 15.8. The van der Waals surface area contributed by atoms with Crippen LogP contribution in [0.5, 0.6) is 5.75 Å². The standard InChI is InChI=1S/C24H20NOP/c26-21-12-10-11-20(19-21)25-27(22-13-4-1-5-14-22,23-15-6-2-7-16-23)24-17-8-3-9-18-24/h1-19,25H/p+1. The van der Waals surface area contributed by atoms with Crippen LogP contribution in [0.3, 0.4) is 0 Å². The molecule has 4 rings (SSSR count). The van der Waals surface area contributed by atoms with Gasteiger partial charge in [0.1, 0.15) is 21.7 Å². The van der Waals surface area contributed by atoms with Crippen molar-refractivity contribution >= 4 is 29.0 Å². The lowest BCUT2D eigenvalue weighted by atomic mass is 10.3. The van der Waals surface area contributed by atoms with Crippen LogP contribution in [0.15, 0.2) is 115 Å². The first-order chi connectivity index (χ1) is 13.3. The monoisotopic (exact) mass is 370 g/mol. The summed E-state index contributed by atoms with van der Waals surface area (Å²) >= 11 is 0. The molecule has 0 atom stereocenters.